The predicted molar refractivity (Wildman–Crippen MR) is 56.9 cm³/mol. The van der Waals surface area contributed by atoms with Crippen molar-refractivity contribution in [3.05, 3.63) is 29.8 Å². The summed E-state index contributed by atoms with van der Waals surface area (Å²) in [5.74, 6) is 0. The Bertz CT molecular complexity index is 325. The Morgan fingerprint density at radius 1 is 1.50 bits per heavy atom. The zero-order valence-corrected chi connectivity index (χ0v) is 8.37. The Morgan fingerprint density at radius 2 is 2.21 bits per heavy atom. The molecule has 1 aromatic rings. The van der Waals surface area contributed by atoms with Crippen LogP contribution in [0.1, 0.15) is 18.5 Å². The molecule has 1 unspecified atom stereocenters. The van der Waals surface area contributed by atoms with Crippen LogP contribution in [-0.2, 0) is 0 Å². The predicted octanol–water partition coefficient (Wildman–Crippen LogP) is 1.26. The highest BCUT2D eigenvalue weighted by molar-refractivity contribution is 5.74. The van der Waals surface area contributed by atoms with E-state index in [9.17, 15) is 4.79 Å². The molecule has 4 N–H and O–H groups in total. The maximum atomic E-state index is 11.0. The van der Waals surface area contributed by atoms with Gasteiger partial charge in [0.1, 0.15) is 0 Å². The van der Waals surface area contributed by atoms with Crippen molar-refractivity contribution in [1.29, 1.82) is 0 Å². The summed E-state index contributed by atoms with van der Waals surface area (Å²) >= 11 is 0. The molecule has 0 spiro atoms. The summed E-state index contributed by atoms with van der Waals surface area (Å²) < 4.78 is 0. The Morgan fingerprint density at radius 3 is 2.79 bits per heavy atom. The fourth-order valence-electron chi connectivity index (χ4n) is 1.18. The van der Waals surface area contributed by atoms with E-state index >= 15 is 0 Å². The number of amides is 2. The van der Waals surface area contributed by atoms with Crippen molar-refractivity contribution in [2.24, 2.45) is 0 Å². The normalized spacial score (nSPS) is 11.9. The second-order valence-electron chi connectivity index (χ2n) is 3.12. The molecule has 0 aliphatic rings. The maximum absolute atomic E-state index is 11.0. The highest BCUT2D eigenvalue weighted by Crippen LogP contribution is 2.14. The van der Waals surface area contributed by atoms with Crippen molar-refractivity contribution in [2.75, 3.05) is 12.8 Å². The molecule has 0 aliphatic heterocycles. The molecular weight excluding hydrogens is 178 g/mol. The summed E-state index contributed by atoms with van der Waals surface area (Å²) in [6.45, 7) is 1.91. The van der Waals surface area contributed by atoms with Crippen LogP contribution in [0, 0.1) is 0 Å². The van der Waals surface area contributed by atoms with Gasteiger partial charge in [0.15, 0.2) is 0 Å². The molecule has 0 heterocycles. The third-order valence-electron chi connectivity index (χ3n) is 1.99. The SMILES string of the molecule is CNC(=O)NC(C)c1cccc(N)c1. The Hall–Kier alpha value is -1.71. The van der Waals surface area contributed by atoms with Gasteiger partial charge in [0.05, 0.1) is 6.04 Å². The lowest BCUT2D eigenvalue weighted by molar-refractivity contribution is 0.240. The number of hydrogen-bond donors (Lipinski definition) is 3. The molecule has 14 heavy (non-hydrogen) atoms. The van der Waals surface area contributed by atoms with E-state index in [1.54, 1.807) is 7.05 Å². The van der Waals surface area contributed by atoms with Crippen LogP contribution >= 0.6 is 0 Å². The van der Waals surface area contributed by atoms with Crippen molar-refractivity contribution >= 4 is 11.7 Å². The number of urea groups is 1. The summed E-state index contributed by atoms with van der Waals surface area (Å²) in [6, 6.07) is 7.22. The van der Waals surface area contributed by atoms with Gasteiger partial charge in [-0.1, -0.05) is 12.1 Å². The average molecular weight is 193 g/mol. The van der Waals surface area contributed by atoms with Gasteiger partial charge in [-0.15, -0.1) is 0 Å². The van der Waals surface area contributed by atoms with Gasteiger partial charge >= 0.3 is 6.03 Å². The molecule has 2 amide bonds. The van der Waals surface area contributed by atoms with Gasteiger partial charge < -0.3 is 16.4 Å². The Kier molecular flexibility index (Phi) is 3.34. The Balaban J connectivity index is 2.69. The molecule has 0 aromatic heterocycles. The van der Waals surface area contributed by atoms with Gasteiger partial charge in [0.25, 0.3) is 0 Å². The third-order valence-corrected chi connectivity index (χ3v) is 1.99. The van der Waals surface area contributed by atoms with E-state index in [1.165, 1.54) is 0 Å². The largest absolute Gasteiger partial charge is 0.399 e. The number of nitrogens with one attached hydrogen (secondary N) is 2. The number of nitrogen functional groups attached to an aromatic ring is 1. The number of carbonyl (C=O) groups is 1. The van der Waals surface area contributed by atoms with Crippen molar-refractivity contribution in [2.45, 2.75) is 13.0 Å². The average Bonchev–Trinajstić information content (AvgIpc) is 2.17. The molecule has 0 bridgehead atoms. The number of rotatable bonds is 2. The van der Waals surface area contributed by atoms with E-state index in [1.807, 2.05) is 31.2 Å². The van der Waals surface area contributed by atoms with Crippen LogP contribution in [0.3, 0.4) is 0 Å². The molecule has 4 nitrogen and oxygen atoms in total. The van der Waals surface area contributed by atoms with Gasteiger partial charge in [-0.25, -0.2) is 4.79 Å². The second kappa shape index (κ2) is 4.50. The molecule has 1 atom stereocenters. The molecule has 0 aliphatic carbocycles. The number of anilines is 1. The fraction of sp³-hybridized carbons (Fsp3) is 0.300. The Labute approximate surface area is 83.5 Å². The van der Waals surface area contributed by atoms with Crippen LogP contribution in [0.2, 0.25) is 0 Å². The van der Waals surface area contributed by atoms with Crippen LogP contribution in [-0.4, -0.2) is 13.1 Å². The minimum Gasteiger partial charge on any atom is -0.399 e. The second-order valence-corrected chi connectivity index (χ2v) is 3.12. The molecule has 0 fully saturated rings. The molecule has 0 saturated carbocycles. The molecule has 76 valence electrons. The van der Waals surface area contributed by atoms with Gasteiger partial charge in [-0.2, -0.15) is 0 Å². The van der Waals surface area contributed by atoms with Crippen LogP contribution in [0.4, 0.5) is 10.5 Å². The summed E-state index contributed by atoms with van der Waals surface area (Å²) in [5, 5.41) is 5.27. The van der Waals surface area contributed by atoms with E-state index in [0.29, 0.717) is 5.69 Å². The van der Waals surface area contributed by atoms with Crippen molar-refractivity contribution in [3.8, 4) is 0 Å². The monoisotopic (exact) mass is 193 g/mol. The van der Waals surface area contributed by atoms with Crippen molar-refractivity contribution in [3.63, 3.8) is 0 Å². The van der Waals surface area contributed by atoms with E-state index in [0.717, 1.165) is 5.56 Å². The third kappa shape index (κ3) is 2.65. The quantitative estimate of drug-likeness (QED) is 0.619. The lowest BCUT2D eigenvalue weighted by Gasteiger charge is -2.14. The highest BCUT2D eigenvalue weighted by atomic mass is 16.2. The number of benzene rings is 1. The van der Waals surface area contributed by atoms with E-state index in [2.05, 4.69) is 10.6 Å². The number of hydrogen-bond acceptors (Lipinski definition) is 2. The molecule has 4 heteroatoms. The van der Waals surface area contributed by atoms with Crippen molar-refractivity contribution in [1.82, 2.24) is 10.6 Å². The van der Waals surface area contributed by atoms with Crippen LogP contribution in [0.5, 0.6) is 0 Å². The molecule has 0 radical (unpaired) electrons. The van der Waals surface area contributed by atoms with Gasteiger partial charge in [-0.3, -0.25) is 0 Å². The van der Waals surface area contributed by atoms with Gasteiger partial charge in [0.2, 0.25) is 0 Å². The minimum atomic E-state index is -0.195. The topological polar surface area (TPSA) is 67.2 Å². The van der Waals surface area contributed by atoms with Crippen LogP contribution in [0.25, 0.3) is 0 Å². The first-order valence-corrected chi connectivity index (χ1v) is 4.47. The maximum Gasteiger partial charge on any atom is 0.315 e. The summed E-state index contributed by atoms with van der Waals surface area (Å²) in [7, 11) is 1.58. The summed E-state index contributed by atoms with van der Waals surface area (Å²) in [4.78, 5) is 11.0. The zero-order chi connectivity index (χ0) is 10.6. The minimum absolute atomic E-state index is 0.0431. The molecular formula is C10H15N3O. The summed E-state index contributed by atoms with van der Waals surface area (Å²) in [5.41, 5.74) is 7.33. The van der Waals surface area contributed by atoms with Gasteiger partial charge in [-0.05, 0) is 24.6 Å². The molecule has 1 rings (SSSR count). The number of nitrogens with two attached hydrogens (primary N) is 1. The van der Waals surface area contributed by atoms with Crippen LogP contribution < -0.4 is 16.4 Å². The fourth-order valence-corrected chi connectivity index (χ4v) is 1.18. The lowest BCUT2D eigenvalue weighted by Crippen LogP contribution is -2.34. The van der Waals surface area contributed by atoms with Crippen LogP contribution in [0.15, 0.2) is 24.3 Å². The van der Waals surface area contributed by atoms with E-state index in [-0.39, 0.29) is 12.1 Å². The first-order chi connectivity index (χ1) is 6.63. The standard InChI is InChI=1S/C10H15N3O/c1-7(13-10(14)12-2)8-4-3-5-9(11)6-8/h3-7H,11H2,1-2H3,(H2,12,13,14). The smallest absolute Gasteiger partial charge is 0.315 e. The first kappa shape index (κ1) is 10.4. The van der Waals surface area contributed by atoms with Crippen molar-refractivity contribution < 1.29 is 4.79 Å². The lowest BCUT2D eigenvalue weighted by atomic mass is 10.1. The van der Waals surface area contributed by atoms with E-state index < -0.39 is 0 Å². The van der Waals surface area contributed by atoms with E-state index in [4.69, 9.17) is 5.73 Å². The highest BCUT2D eigenvalue weighted by Gasteiger charge is 2.07. The molecule has 0 saturated heterocycles. The number of carbonyl (C=O) groups excluding carboxylic acids is 1. The molecule has 1 aromatic carbocycles. The summed E-state index contributed by atoms with van der Waals surface area (Å²) in [6.07, 6.45) is 0. The first-order valence-electron chi connectivity index (χ1n) is 4.47. The zero-order valence-electron chi connectivity index (χ0n) is 8.37. The van der Waals surface area contributed by atoms with Gasteiger partial charge in [0, 0.05) is 12.7 Å².